The molecule has 5 heteroatoms. The van der Waals surface area contributed by atoms with Gasteiger partial charge in [-0.3, -0.25) is 4.79 Å². The molecule has 0 aromatic carbocycles. The molecule has 1 rings (SSSR count). The summed E-state index contributed by atoms with van der Waals surface area (Å²) >= 11 is 0. The molecule has 1 aromatic rings. The van der Waals surface area contributed by atoms with Crippen LogP contribution < -0.4 is 10.6 Å². The molecule has 2 N–H and O–H groups in total. The predicted octanol–water partition coefficient (Wildman–Crippen LogP) is 1.08. The lowest BCUT2D eigenvalue weighted by molar-refractivity contribution is -0.123. The van der Waals surface area contributed by atoms with E-state index in [0.29, 0.717) is 0 Å². The van der Waals surface area contributed by atoms with Gasteiger partial charge in [0.1, 0.15) is 6.04 Å². The van der Waals surface area contributed by atoms with Crippen molar-refractivity contribution in [1.29, 1.82) is 0 Å². The Labute approximate surface area is 103 Å². The van der Waals surface area contributed by atoms with E-state index in [2.05, 4.69) is 22.5 Å². The second kappa shape index (κ2) is 7.06. The van der Waals surface area contributed by atoms with E-state index in [1.807, 2.05) is 18.4 Å². The summed E-state index contributed by atoms with van der Waals surface area (Å²) < 4.78 is 1.91. The smallest absolute Gasteiger partial charge is 0.242 e. The molecular weight excluding hydrogens is 216 g/mol. The number of hydrogen-bond acceptors (Lipinski definition) is 3. The second-order valence-electron chi connectivity index (χ2n) is 4.04. The van der Waals surface area contributed by atoms with Crippen LogP contribution in [0.1, 0.15) is 38.9 Å². The molecule has 1 heterocycles. The van der Waals surface area contributed by atoms with Crippen molar-refractivity contribution in [3.63, 3.8) is 0 Å². The summed E-state index contributed by atoms with van der Waals surface area (Å²) in [5.41, 5.74) is 1.03. The topological polar surface area (TPSA) is 59.0 Å². The fourth-order valence-electron chi connectivity index (χ4n) is 1.59. The van der Waals surface area contributed by atoms with Gasteiger partial charge in [0, 0.05) is 19.3 Å². The Kier molecular flexibility index (Phi) is 5.69. The highest BCUT2D eigenvalue weighted by Gasteiger charge is 2.16. The number of carbonyl (C=O) groups excluding carboxylic acids is 1. The zero-order valence-electron chi connectivity index (χ0n) is 10.9. The maximum atomic E-state index is 11.8. The average Bonchev–Trinajstić information content (AvgIpc) is 2.80. The summed E-state index contributed by atoms with van der Waals surface area (Å²) in [4.78, 5) is 15.9. The standard InChI is InChI=1S/C12H22N4O/c1-4-6-15-12(17)10(3)16-9-14-8-11(16)7-13-5-2/h8-10,13H,4-7H2,1-3H3,(H,15,17). The Bertz CT molecular complexity index is 348. The Morgan fingerprint density at radius 3 is 2.94 bits per heavy atom. The van der Waals surface area contributed by atoms with Crippen molar-refractivity contribution in [2.75, 3.05) is 13.1 Å². The third-order valence-corrected chi connectivity index (χ3v) is 2.65. The summed E-state index contributed by atoms with van der Waals surface area (Å²) in [7, 11) is 0. The molecule has 0 aliphatic rings. The van der Waals surface area contributed by atoms with Crippen molar-refractivity contribution in [3.05, 3.63) is 18.2 Å². The van der Waals surface area contributed by atoms with Crippen LogP contribution in [-0.4, -0.2) is 28.5 Å². The van der Waals surface area contributed by atoms with Crippen molar-refractivity contribution in [2.24, 2.45) is 0 Å². The molecule has 1 amide bonds. The highest BCUT2D eigenvalue weighted by Crippen LogP contribution is 2.10. The molecule has 0 spiro atoms. The lowest BCUT2D eigenvalue weighted by Gasteiger charge is -2.16. The maximum Gasteiger partial charge on any atom is 0.242 e. The van der Waals surface area contributed by atoms with Crippen LogP contribution in [0, 0.1) is 0 Å². The van der Waals surface area contributed by atoms with E-state index in [1.54, 1.807) is 12.5 Å². The molecule has 0 bridgehead atoms. The molecule has 17 heavy (non-hydrogen) atoms. The third-order valence-electron chi connectivity index (χ3n) is 2.65. The Hall–Kier alpha value is -1.36. The molecule has 5 nitrogen and oxygen atoms in total. The molecule has 0 saturated heterocycles. The van der Waals surface area contributed by atoms with Crippen LogP contribution in [0.3, 0.4) is 0 Å². The van der Waals surface area contributed by atoms with Gasteiger partial charge in [0.15, 0.2) is 0 Å². The van der Waals surface area contributed by atoms with Gasteiger partial charge in [-0.15, -0.1) is 0 Å². The number of nitrogens with one attached hydrogen (secondary N) is 2. The van der Waals surface area contributed by atoms with Gasteiger partial charge in [0.25, 0.3) is 0 Å². The summed E-state index contributed by atoms with van der Waals surface area (Å²) in [6, 6.07) is -0.210. The molecule has 0 saturated carbocycles. The summed E-state index contributed by atoms with van der Waals surface area (Å²) in [5, 5.41) is 6.13. The molecule has 96 valence electrons. The van der Waals surface area contributed by atoms with Gasteiger partial charge >= 0.3 is 0 Å². The molecular formula is C12H22N4O. The van der Waals surface area contributed by atoms with Crippen LogP contribution in [-0.2, 0) is 11.3 Å². The van der Waals surface area contributed by atoms with Gasteiger partial charge in [0.2, 0.25) is 5.91 Å². The van der Waals surface area contributed by atoms with E-state index in [4.69, 9.17) is 0 Å². The first-order chi connectivity index (χ1) is 8.20. The molecule has 1 unspecified atom stereocenters. The maximum absolute atomic E-state index is 11.8. The number of carbonyl (C=O) groups is 1. The number of imidazole rings is 1. The minimum atomic E-state index is -0.210. The first-order valence-corrected chi connectivity index (χ1v) is 6.19. The lowest BCUT2D eigenvalue weighted by atomic mass is 10.3. The monoisotopic (exact) mass is 238 g/mol. The zero-order chi connectivity index (χ0) is 12.7. The molecule has 0 aliphatic heterocycles. The van der Waals surface area contributed by atoms with Gasteiger partial charge in [0.05, 0.1) is 12.0 Å². The highest BCUT2D eigenvalue weighted by molar-refractivity contribution is 5.79. The molecule has 0 radical (unpaired) electrons. The highest BCUT2D eigenvalue weighted by atomic mass is 16.2. The van der Waals surface area contributed by atoms with Crippen molar-refractivity contribution in [2.45, 2.75) is 39.8 Å². The average molecular weight is 238 g/mol. The largest absolute Gasteiger partial charge is 0.354 e. The molecule has 1 atom stereocenters. The van der Waals surface area contributed by atoms with Crippen molar-refractivity contribution in [1.82, 2.24) is 20.2 Å². The van der Waals surface area contributed by atoms with Gasteiger partial charge in [-0.2, -0.15) is 0 Å². The van der Waals surface area contributed by atoms with Gasteiger partial charge in [-0.25, -0.2) is 4.98 Å². The number of aromatic nitrogens is 2. The number of amides is 1. The third kappa shape index (κ3) is 3.85. The van der Waals surface area contributed by atoms with E-state index in [0.717, 1.165) is 31.7 Å². The van der Waals surface area contributed by atoms with Gasteiger partial charge in [-0.05, 0) is 19.9 Å². The first kappa shape index (κ1) is 13.7. The van der Waals surface area contributed by atoms with E-state index in [1.165, 1.54) is 0 Å². The number of nitrogens with zero attached hydrogens (tertiary/aromatic N) is 2. The van der Waals surface area contributed by atoms with Crippen LogP contribution >= 0.6 is 0 Å². The molecule has 1 aromatic heterocycles. The van der Waals surface area contributed by atoms with Crippen LogP contribution in [0.25, 0.3) is 0 Å². The summed E-state index contributed by atoms with van der Waals surface area (Å²) in [5.74, 6) is 0.0441. The first-order valence-electron chi connectivity index (χ1n) is 6.19. The fourth-order valence-corrected chi connectivity index (χ4v) is 1.59. The normalized spacial score (nSPS) is 12.4. The van der Waals surface area contributed by atoms with E-state index in [-0.39, 0.29) is 11.9 Å². The van der Waals surface area contributed by atoms with Crippen LogP contribution in [0.15, 0.2) is 12.5 Å². The lowest BCUT2D eigenvalue weighted by Crippen LogP contribution is -2.32. The van der Waals surface area contributed by atoms with Crippen LogP contribution in [0.2, 0.25) is 0 Å². The van der Waals surface area contributed by atoms with Gasteiger partial charge in [-0.1, -0.05) is 13.8 Å². The fraction of sp³-hybridized carbons (Fsp3) is 0.667. The van der Waals surface area contributed by atoms with Crippen molar-refractivity contribution in [3.8, 4) is 0 Å². The van der Waals surface area contributed by atoms with E-state index < -0.39 is 0 Å². The Morgan fingerprint density at radius 1 is 1.53 bits per heavy atom. The zero-order valence-corrected chi connectivity index (χ0v) is 10.9. The minimum Gasteiger partial charge on any atom is -0.354 e. The summed E-state index contributed by atoms with van der Waals surface area (Å²) in [6.07, 6.45) is 4.46. The van der Waals surface area contributed by atoms with E-state index in [9.17, 15) is 4.79 Å². The summed E-state index contributed by atoms with van der Waals surface area (Å²) in [6.45, 7) is 8.35. The van der Waals surface area contributed by atoms with E-state index >= 15 is 0 Å². The minimum absolute atomic E-state index is 0.0441. The molecule has 0 fully saturated rings. The number of hydrogen-bond donors (Lipinski definition) is 2. The van der Waals surface area contributed by atoms with Crippen LogP contribution in [0.4, 0.5) is 0 Å². The predicted molar refractivity (Wildman–Crippen MR) is 67.6 cm³/mol. The molecule has 0 aliphatic carbocycles. The SMILES string of the molecule is CCCNC(=O)C(C)n1cncc1CNCC. The second-order valence-corrected chi connectivity index (χ2v) is 4.04. The van der Waals surface area contributed by atoms with Crippen LogP contribution in [0.5, 0.6) is 0 Å². The van der Waals surface area contributed by atoms with Crippen molar-refractivity contribution >= 4 is 5.91 Å². The Balaban J connectivity index is 2.64. The number of rotatable bonds is 7. The van der Waals surface area contributed by atoms with Gasteiger partial charge < -0.3 is 15.2 Å². The van der Waals surface area contributed by atoms with Crippen molar-refractivity contribution < 1.29 is 4.79 Å². The quantitative estimate of drug-likeness (QED) is 0.747. The Morgan fingerprint density at radius 2 is 2.29 bits per heavy atom.